The number of hydrogen-bond donors (Lipinski definition) is 1. The predicted octanol–water partition coefficient (Wildman–Crippen LogP) is 3.08. The standard InChI is InChI=1S/C20H28F2N2O2/c1-23(16-6-3-2-4-7-16)14-20(26)10-5-11-24(19(20)25)13-15-8-9-17(21)18(22)12-15/h8-9,12,16,26H,2-7,10-11,13-14H2,1H3/t20-/m1/s1. The van der Waals surface area contributed by atoms with Gasteiger partial charge in [-0.05, 0) is 50.4 Å². The molecular formula is C20H28F2N2O2. The molecule has 1 saturated heterocycles. The summed E-state index contributed by atoms with van der Waals surface area (Å²) in [6.45, 7) is 1.03. The molecule has 1 aromatic carbocycles. The maximum atomic E-state index is 13.4. The number of nitrogens with zero attached hydrogens (tertiary/aromatic N) is 2. The molecule has 0 radical (unpaired) electrons. The van der Waals surface area contributed by atoms with Crippen LogP contribution in [0.15, 0.2) is 18.2 Å². The number of rotatable bonds is 5. The predicted molar refractivity (Wildman–Crippen MR) is 95.5 cm³/mol. The first-order valence-corrected chi connectivity index (χ1v) is 9.55. The number of carbonyl (C=O) groups is 1. The van der Waals surface area contributed by atoms with Gasteiger partial charge in [-0.15, -0.1) is 0 Å². The Balaban J connectivity index is 1.66. The van der Waals surface area contributed by atoms with E-state index in [1.165, 1.54) is 25.3 Å². The highest BCUT2D eigenvalue weighted by Crippen LogP contribution is 2.28. The van der Waals surface area contributed by atoms with Gasteiger partial charge in [0.05, 0.1) is 0 Å². The quantitative estimate of drug-likeness (QED) is 0.871. The van der Waals surface area contributed by atoms with E-state index in [0.29, 0.717) is 37.5 Å². The Morgan fingerprint density at radius 1 is 1.19 bits per heavy atom. The summed E-state index contributed by atoms with van der Waals surface area (Å²) in [6.07, 6.45) is 7.02. The first kappa shape index (κ1) is 19.2. The fourth-order valence-electron chi connectivity index (χ4n) is 4.28. The van der Waals surface area contributed by atoms with E-state index in [1.807, 2.05) is 7.05 Å². The Hall–Kier alpha value is -1.53. The van der Waals surface area contributed by atoms with Crippen LogP contribution in [0.4, 0.5) is 8.78 Å². The van der Waals surface area contributed by atoms with Gasteiger partial charge in [-0.25, -0.2) is 8.78 Å². The van der Waals surface area contributed by atoms with Crippen LogP contribution in [0.2, 0.25) is 0 Å². The van der Waals surface area contributed by atoms with Gasteiger partial charge in [-0.2, -0.15) is 0 Å². The average molecular weight is 366 g/mol. The number of hydrogen-bond acceptors (Lipinski definition) is 3. The van der Waals surface area contributed by atoms with Crippen LogP contribution < -0.4 is 0 Å². The highest BCUT2D eigenvalue weighted by molar-refractivity contribution is 5.86. The van der Waals surface area contributed by atoms with Gasteiger partial charge in [0.15, 0.2) is 17.2 Å². The monoisotopic (exact) mass is 366 g/mol. The summed E-state index contributed by atoms with van der Waals surface area (Å²) in [4.78, 5) is 16.6. The number of benzene rings is 1. The lowest BCUT2D eigenvalue weighted by Gasteiger charge is -2.42. The lowest BCUT2D eigenvalue weighted by Crippen LogP contribution is -2.59. The molecular weight excluding hydrogens is 338 g/mol. The molecule has 1 N–H and O–H groups in total. The molecule has 3 rings (SSSR count). The van der Waals surface area contributed by atoms with Crippen molar-refractivity contribution in [3.8, 4) is 0 Å². The molecule has 1 aromatic rings. The molecule has 26 heavy (non-hydrogen) atoms. The van der Waals surface area contributed by atoms with Gasteiger partial charge in [0.2, 0.25) is 0 Å². The fraction of sp³-hybridized carbons (Fsp3) is 0.650. The van der Waals surface area contributed by atoms with Crippen LogP contribution >= 0.6 is 0 Å². The van der Waals surface area contributed by atoms with Crippen molar-refractivity contribution in [1.82, 2.24) is 9.80 Å². The van der Waals surface area contributed by atoms with Crippen molar-refractivity contribution >= 4 is 5.91 Å². The van der Waals surface area contributed by atoms with Crippen molar-refractivity contribution in [2.24, 2.45) is 0 Å². The van der Waals surface area contributed by atoms with E-state index in [9.17, 15) is 18.7 Å². The summed E-state index contributed by atoms with van der Waals surface area (Å²) in [7, 11) is 1.98. The minimum atomic E-state index is -1.40. The Labute approximate surface area is 153 Å². The molecule has 4 nitrogen and oxygen atoms in total. The molecule has 144 valence electrons. The van der Waals surface area contributed by atoms with Crippen molar-refractivity contribution in [3.63, 3.8) is 0 Å². The van der Waals surface area contributed by atoms with Crippen LogP contribution in [0.3, 0.4) is 0 Å². The summed E-state index contributed by atoms with van der Waals surface area (Å²) in [5.41, 5.74) is -0.870. The summed E-state index contributed by atoms with van der Waals surface area (Å²) < 4.78 is 26.5. The molecule has 2 fully saturated rings. The van der Waals surface area contributed by atoms with Gasteiger partial charge >= 0.3 is 0 Å². The molecule has 2 aliphatic rings. The molecule has 1 aliphatic carbocycles. The molecule has 1 heterocycles. The molecule has 0 spiro atoms. The van der Waals surface area contributed by atoms with Crippen molar-refractivity contribution in [2.45, 2.75) is 63.1 Å². The van der Waals surface area contributed by atoms with Crippen molar-refractivity contribution in [2.75, 3.05) is 20.1 Å². The van der Waals surface area contributed by atoms with Gasteiger partial charge < -0.3 is 14.9 Å². The van der Waals surface area contributed by atoms with Crippen LogP contribution in [0.25, 0.3) is 0 Å². The Morgan fingerprint density at radius 3 is 2.62 bits per heavy atom. The Morgan fingerprint density at radius 2 is 1.92 bits per heavy atom. The number of likely N-dealkylation sites (N-methyl/N-ethyl adjacent to an activating group) is 1. The van der Waals surface area contributed by atoms with E-state index >= 15 is 0 Å². The highest BCUT2D eigenvalue weighted by atomic mass is 19.2. The summed E-state index contributed by atoms with van der Waals surface area (Å²) in [5.74, 6) is -2.13. The molecule has 0 bridgehead atoms. The minimum Gasteiger partial charge on any atom is -0.379 e. The van der Waals surface area contributed by atoms with Gasteiger partial charge in [0, 0.05) is 25.7 Å². The zero-order valence-corrected chi connectivity index (χ0v) is 15.4. The molecule has 1 atom stereocenters. The largest absolute Gasteiger partial charge is 0.379 e. The number of aliphatic hydroxyl groups is 1. The van der Waals surface area contributed by atoms with Crippen LogP contribution in [0.1, 0.15) is 50.5 Å². The number of amides is 1. The molecule has 6 heteroatoms. The Bertz CT molecular complexity index is 649. The van der Waals surface area contributed by atoms with E-state index in [4.69, 9.17) is 0 Å². The Kier molecular flexibility index (Phi) is 5.92. The maximum Gasteiger partial charge on any atom is 0.256 e. The second kappa shape index (κ2) is 8.01. The first-order valence-electron chi connectivity index (χ1n) is 9.55. The fourth-order valence-corrected chi connectivity index (χ4v) is 4.28. The van der Waals surface area contributed by atoms with Crippen LogP contribution in [-0.4, -0.2) is 52.6 Å². The molecule has 1 saturated carbocycles. The third-order valence-corrected chi connectivity index (χ3v) is 5.77. The normalized spacial score (nSPS) is 25.1. The number of halogens is 2. The van der Waals surface area contributed by atoms with E-state index in [0.717, 1.165) is 25.0 Å². The van der Waals surface area contributed by atoms with Crippen LogP contribution in [0.5, 0.6) is 0 Å². The third kappa shape index (κ3) is 4.23. The number of carbonyl (C=O) groups excluding carboxylic acids is 1. The average Bonchev–Trinajstić information content (AvgIpc) is 2.63. The number of likely N-dealkylation sites (tertiary alicyclic amines) is 1. The highest BCUT2D eigenvalue weighted by Gasteiger charge is 2.43. The van der Waals surface area contributed by atoms with Gasteiger partial charge in [-0.3, -0.25) is 4.79 Å². The third-order valence-electron chi connectivity index (χ3n) is 5.77. The first-order chi connectivity index (χ1) is 12.4. The summed E-state index contributed by atoms with van der Waals surface area (Å²) in [5, 5.41) is 11.0. The van der Waals surface area contributed by atoms with Crippen molar-refractivity contribution in [1.29, 1.82) is 0 Å². The smallest absolute Gasteiger partial charge is 0.256 e. The zero-order valence-electron chi connectivity index (χ0n) is 15.4. The molecule has 1 aliphatic heterocycles. The minimum absolute atomic E-state index is 0.186. The molecule has 1 amide bonds. The van der Waals surface area contributed by atoms with Gasteiger partial charge in [0.1, 0.15) is 0 Å². The van der Waals surface area contributed by atoms with E-state index < -0.39 is 17.2 Å². The topological polar surface area (TPSA) is 43.8 Å². The second-order valence-corrected chi connectivity index (χ2v) is 7.82. The van der Waals surface area contributed by atoms with Crippen molar-refractivity contribution in [3.05, 3.63) is 35.4 Å². The van der Waals surface area contributed by atoms with Crippen molar-refractivity contribution < 1.29 is 18.7 Å². The van der Waals surface area contributed by atoms with Gasteiger partial charge in [-0.1, -0.05) is 25.3 Å². The van der Waals surface area contributed by atoms with E-state index in [2.05, 4.69) is 4.90 Å². The van der Waals surface area contributed by atoms with E-state index in [-0.39, 0.29) is 12.5 Å². The zero-order chi connectivity index (χ0) is 18.7. The molecule has 0 aromatic heterocycles. The van der Waals surface area contributed by atoms with Crippen LogP contribution in [-0.2, 0) is 11.3 Å². The lowest BCUT2D eigenvalue weighted by atomic mass is 9.88. The summed E-state index contributed by atoms with van der Waals surface area (Å²) >= 11 is 0. The molecule has 0 unspecified atom stereocenters. The van der Waals surface area contributed by atoms with E-state index in [1.54, 1.807) is 4.90 Å². The van der Waals surface area contributed by atoms with Gasteiger partial charge in [0.25, 0.3) is 5.91 Å². The summed E-state index contributed by atoms with van der Waals surface area (Å²) in [6, 6.07) is 4.09. The SMILES string of the molecule is CN(C[C@]1(O)CCCN(Cc2ccc(F)c(F)c2)C1=O)C1CCCCC1. The second-order valence-electron chi connectivity index (χ2n) is 7.82. The lowest BCUT2D eigenvalue weighted by molar-refractivity contribution is -0.160. The maximum absolute atomic E-state index is 13.4. The van der Waals surface area contributed by atoms with Crippen LogP contribution in [0, 0.1) is 11.6 Å². The number of piperidine rings is 1.